The van der Waals surface area contributed by atoms with E-state index in [1.165, 1.54) is 5.69 Å². The number of piperazine rings is 1. The highest BCUT2D eigenvalue weighted by Crippen LogP contribution is 2.15. The summed E-state index contributed by atoms with van der Waals surface area (Å²) in [7, 11) is 5.35. The molecule has 1 N–H and O–H groups in total. The largest absolute Gasteiger partial charge is 0.368 e. The first-order chi connectivity index (χ1) is 11.1. The molecule has 0 bridgehead atoms. The molecule has 2 rings (SSSR count). The lowest BCUT2D eigenvalue weighted by Gasteiger charge is -2.37. The molecule has 0 saturated carbocycles. The van der Waals surface area contributed by atoms with Gasteiger partial charge in [0.1, 0.15) is 0 Å². The van der Waals surface area contributed by atoms with Crippen molar-refractivity contribution in [2.24, 2.45) is 4.99 Å². The smallest absolute Gasteiger partial charge is 0.223 e. The van der Waals surface area contributed by atoms with Crippen molar-refractivity contribution >= 4 is 41.5 Å². The minimum Gasteiger partial charge on any atom is -0.368 e. The molecule has 0 unspecified atom stereocenters. The van der Waals surface area contributed by atoms with Gasteiger partial charge < -0.3 is 20.0 Å². The summed E-state index contributed by atoms with van der Waals surface area (Å²) in [5.74, 6) is 1.01. The summed E-state index contributed by atoms with van der Waals surface area (Å²) < 4.78 is 0. The van der Waals surface area contributed by atoms with Crippen LogP contribution < -0.4 is 10.2 Å². The second kappa shape index (κ2) is 10.4. The fourth-order valence-corrected chi connectivity index (χ4v) is 2.65. The number of guanidine groups is 1. The lowest BCUT2D eigenvalue weighted by atomic mass is 10.2. The van der Waals surface area contributed by atoms with Gasteiger partial charge in [-0.1, -0.05) is 18.2 Å². The average Bonchev–Trinajstić information content (AvgIpc) is 2.59. The second-order valence-electron chi connectivity index (χ2n) is 5.82. The maximum atomic E-state index is 11.6. The molecule has 1 fully saturated rings. The number of carbonyl (C=O) groups is 1. The predicted octanol–water partition coefficient (Wildman–Crippen LogP) is 1.48. The summed E-state index contributed by atoms with van der Waals surface area (Å²) in [5, 5.41) is 3.29. The van der Waals surface area contributed by atoms with Crippen LogP contribution in [0.15, 0.2) is 35.3 Å². The van der Waals surface area contributed by atoms with E-state index in [0.717, 1.165) is 32.1 Å². The van der Waals surface area contributed by atoms with Crippen molar-refractivity contribution in [2.75, 3.05) is 58.8 Å². The SMILES string of the molecule is CN=C(NCCC(=O)N(C)C)N1CCN(c2ccccc2)CC1.I. The van der Waals surface area contributed by atoms with E-state index in [4.69, 9.17) is 0 Å². The van der Waals surface area contributed by atoms with Gasteiger partial charge in [0, 0.05) is 66.0 Å². The predicted molar refractivity (Wildman–Crippen MR) is 110 cm³/mol. The Hall–Kier alpha value is -1.51. The first kappa shape index (κ1) is 20.5. The third-order valence-electron chi connectivity index (χ3n) is 4.03. The van der Waals surface area contributed by atoms with E-state index in [0.29, 0.717) is 13.0 Å². The fourth-order valence-electron chi connectivity index (χ4n) is 2.65. The molecule has 0 atom stereocenters. The number of anilines is 1. The molecular formula is C17H28IN5O. The number of hydrogen-bond acceptors (Lipinski definition) is 3. The Balaban J connectivity index is 0.00000288. The quantitative estimate of drug-likeness (QED) is 0.434. The molecular weight excluding hydrogens is 417 g/mol. The summed E-state index contributed by atoms with van der Waals surface area (Å²) >= 11 is 0. The number of para-hydroxylation sites is 1. The molecule has 1 heterocycles. The fraction of sp³-hybridized carbons (Fsp3) is 0.529. The number of amides is 1. The van der Waals surface area contributed by atoms with Crippen molar-refractivity contribution in [3.8, 4) is 0 Å². The van der Waals surface area contributed by atoms with Gasteiger partial charge in [-0.3, -0.25) is 9.79 Å². The Morgan fingerprint density at radius 1 is 1.17 bits per heavy atom. The molecule has 0 spiro atoms. The van der Waals surface area contributed by atoms with Crippen LogP contribution >= 0.6 is 24.0 Å². The molecule has 1 aliphatic heterocycles. The summed E-state index contributed by atoms with van der Waals surface area (Å²) in [6, 6.07) is 10.5. The summed E-state index contributed by atoms with van der Waals surface area (Å²) in [6.45, 7) is 4.41. The van der Waals surface area contributed by atoms with Gasteiger partial charge in [0.25, 0.3) is 0 Å². The highest BCUT2D eigenvalue weighted by molar-refractivity contribution is 14.0. The molecule has 1 amide bonds. The number of carbonyl (C=O) groups excluding carboxylic acids is 1. The molecule has 134 valence electrons. The van der Waals surface area contributed by atoms with E-state index in [1.807, 2.05) is 6.07 Å². The van der Waals surface area contributed by atoms with Gasteiger partial charge in [-0.15, -0.1) is 24.0 Å². The van der Waals surface area contributed by atoms with Crippen molar-refractivity contribution in [1.29, 1.82) is 0 Å². The summed E-state index contributed by atoms with van der Waals surface area (Å²) in [6.07, 6.45) is 0.482. The molecule has 0 aliphatic carbocycles. The molecule has 1 aromatic rings. The van der Waals surface area contributed by atoms with Crippen LogP contribution in [0.1, 0.15) is 6.42 Å². The Morgan fingerprint density at radius 3 is 2.33 bits per heavy atom. The zero-order chi connectivity index (χ0) is 16.7. The molecule has 1 aromatic carbocycles. The standard InChI is InChI=1S/C17H27N5O.HI/c1-18-17(19-10-9-16(23)20(2)3)22-13-11-21(12-14-22)15-7-5-4-6-8-15;/h4-8H,9-14H2,1-3H3,(H,18,19);1H. The average molecular weight is 445 g/mol. The third kappa shape index (κ3) is 5.85. The minimum absolute atomic E-state index is 0. The Kier molecular flexibility index (Phi) is 8.88. The van der Waals surface area contributed by atoms with Gasteiger partial charge in [0.05, 0.1) is 0 Å². The monoisotopic (exact) mass is 445 g/mol. The van der Waals surface area contributed by atoms with Crippen molar-refractivity contribution in [2.45, 2.75) is 6.42 Å². The van der Waals surface area contributed by atoms with Crippen molar-refractivity contribution in [3.63, 3.8) is 0 Å². The number of rotatable bonds is 4. The first-order valence-electron chi connectivity index (χ1n) is 8.07. The number of halogens is 1. The topological polar surface area (TPSA) is 51.2 Å². The lowest BCUT2D eigenvalue weighted by molar-refractivity contribution is -0.128. The molecule has 0 radical (unpaired) electrons. The van der Waals surface area contributed by atoms with Crippen LogP contribution in [-0.2, 0) is 4.79 Å². The second-order valence-corrected chi connectivity index (χ2v) is 5.82. The van der Waals surface area contributed by atoms with Crippen LogP contribution in [0.4, 0.5) is 5.69 Å². The van der Waals surface area contributed by atoms with Crippen LogP contribution in [0, 0.1) is 0 Å². The van der Waals surface area contributed by atoms with E-state index < -0.39 is 0 Å². The molecule has 7 heteroatoms. The number of nitrogens with zero attached hydrogens (tertiary/aromatic N) is 4. The highest BCUT2D eigenvalue weighted by atomic mass is 127. The normalized spacial score (nSPS) is 14.9. The van der Waals surface area contributed by atoms with Crippen LogP contribution in [0.5, 0.6) is 0 Å². The number of nitrogens with one attached hydrogen (secondary N) is 1. The molecule has 1 aliphatic rings. The van der Waals surface area contributed by atoms with Crippen LogP contribution in [0.2, 0.25) is 0 Å². The molecule has 6 nitrogen and oxygen atoms in total. The van der Waals surface area contributed by atoms with E-state index >= 15 is 0 Å². The van der Waals surface area contributed by atoms with E-state index in [2.05, 4.69) is 44.4 Å². The molecule has 24 heavy (non-hydrogen) atoms. The number of benzene rings is 1. The lowest BCUT2D eigenvalue weighted by Crippen LogP contribution is -2.52. The summed E-state index contributed by atoms with van der Waals surface area (Å²) in [4.78, 5) is 22.2. The third-order valence-corrected chi connectivity index (χ3v) is 4.03. The van der Waals surface area contributed by atoms with Crippen LogP contribution in [-0.4, -0.2) is 75.5 Å². The number of hydrogen-bond donors (Lipinski definition) is 1. The van der Waals surface area contributed by atoms with Gasteiger partial charge in [-0.25, -0.2) is 0 Å². The zero-order valence-electron chi connectivity index (χ0n) is 14.7. The maximum absolute atomic E-state index is 11.6. The van der Waals surface area contributed by atoms with Gasteiger partial charge in [0.2, 0.25) is 5.91 Å². The van der Waals surface area contributed by atoms with E-state index in [1.54, 1.807) is 26.0 Å². The van der Waals surface area contributed by atoms with Crippen molar-refractivity contribution in [3.05, 3.63) is 30.3 Å². The Bertz CT molecular complexity index is 527. The van der Waals surface area contributed by atoms with E-state index in [-0.39, 0.29) is 29.9 Å². The van der Waals surface area contributed by atoms with Crippen LogP contribution in [0.3, 0.4) is 0 Å². The van der Waals surface area contributed by atoms with Gasteiger partial charge >= 0.3 is 0 Å². The molecule has 1 saturated heterocycles. The minimum atomic E-state index is 0. The first-order valence-corrected chi connectivity index (χ1v) is 8.07. The number of aliphatic imine (C=N–C) groups is 1. The Morgan fingerprint density at radius 2 is 1.79 bits per heavy atom. The molecule has 0 aromatic heterocycles. The van der Waals surface area contributed by atoms with E-state index in [9.17, 15) is 4.79 Å². The van der Waals surface area contributed by atoms with Gasteiger partial charge in [0.15, 0.2) is 5.96 Å². The zero-order valence-corrected chi connectivity index (χ0v) is 17.1. The Labute approximate surface area is 161 Å². The van der Waals surface area contributed by atoms with Gasteiger partial charge in [-0.05, 0) is 12.1 Å². The van der Waals surface area contributed by atoms with Gasteiger partial charge in [-0.2, -0.15) is 0 Å². The highest BCUT2D eigenvalue weighted by Gasteiger charge is 2.19. The maximum Gasteiger partial charge on any atom is 0.223 e. The van der Waals surface area contributed by atoms with Crippen molar-refractivity contribution in [1.82, 2.24) is 15.1 Å². The van der Waals surface area contributed by atoms with Crippen LogP contribution in [0.25, 0.3) is 0 Å². The summed E-state index contributed by atoms with van der Waals surface area (Å²) in [5.41, 5.74) is 1.27. The van der Waals surface area contributed by atoms with Crippen molar-refractivity contribution < 1.29 is 4.79 Å².